The van der Waals surface area contributed by atoms with Crippen molar-refractivity contribution >= 4 is 17.7 Å². The molecule has 0 atom stereocenters. The Balaban J connectivity index is 0.000000370. The van der Waals surface area contributed by atoms with Gasteiger partial charge in [-0.25, -0.2) is 9.18 Å². The van der Waals surface area contributed by atoms with Crippen molar-refractivity contribution < 1.29 is 27.5 Å². The fraction of sp³-hybridized carbons (Fsp3) is 0.381. The Bertz CT molecular complexity index is 849. The highest BCUT2D eigenvalue weighted by molar-refractivity contribution is 7.99. The summed E-state index contributed by atoms with van der Waals surface area (Å²) < 4.78 is 46.2. The largest absolute Gasteiger partial charge is 0.490 e. The molecule has 2 N–H and O–H groups in total. The van der Waals surface area contributed by atoms with Crippen LogP contribution in [0.4, 0.5) is 17.6 Å². The van der Waals surface area contributed by atoms with E-state index in [-0.39, 0.29) is 5.82 Å². The fourth-order valence-corrected chi connectivity index (χ4v) is 4.16. The summed E-state index contributed by atoms with van der Waals surface area (Å²) in [4.78, 5) is 11.1. The van der Waals surface area contributed by atoms with Crippen LogP contribution in [0.25, 0.3) is 0 Å². The highest BCUT2D eigenvalue weighted by Gasteiger charge is 2.38. The van der Waals surface area contributed by atoms with Crippen molar-refractivity contribution in [1.82, 2.24) is 5.32 Å². The van der Waals surface area contributed by atoms with E-state index in [0.717, 1.165) is 36.4 Å². The molecule has 1 aliphatic heterocycles. The molecule has 0 bridgehead atoms. The minimum absolute atomic E-state index is 0.0549. The quantitative estimate of drug-likeness (QED) is 0.615. The molecule has 29 heavy (non-hydrogen) atoms. The zero-order valence-electron chi connectivity index (χ0n) is 16.1. The zero-order valence-corrected chi connectivity index (χ0v) is 17.0. The van der Waals surface area contributed by atoms with Gasteiger partial charge in [-0.15, -0.1) is 0 Å². The number of carboxylic acid groups (broad SMARTS) is 1. The SMILES string of the molecule is Cc1ccc(Sc2cccc(F)c2C2CCNCC2)cc1C.O=C(O)C(F)(F)F. The topological polar surface area (TPSA) is 49.3 Å². The zero-order chi connectivity index (χ0) is 21.6. The van der Waals surface area contributed by atoms with Crippen molar-refractivity contribution in [3.8, 4) is 0 Å². The smallest absolute Gasteiger partial charge is 0.475 e. The number of halogens is 4. The van der Waals surface area contributed by atoms with Gasteiger partial charge in [0.05, 0.1) is 0 Å². The lowest BCUT2D eigenvalue weighted by molar-refractivity contribution is -0.192. The first-order chi connectivity index (χ1) is 13.6. The Hall–Kier alpha value is -2.06. The number of nitrogens with one attached hydrogen (secondary N) is 1. The summed E-state index contributed by atoms with van der Waals surface area (Å²) in [5.74, 6) is -2.48. The summed E-state index contributed by atoms with van der Waals surface area (Å²) in [5.41, 5.74) is 3.49. The highest BCUT2D eigenvalue weighted by Crippen LogP contribution is 2.38. The molecule has 0 unspecified atom stereocenters. The summed E-state index contributed by atoms with van der Waals surface area (Å²) in [6.45, 7) is 6.20. The van der Waals surface area contributed by atoms with Crippen molar-refractivity contribution in [2.75, 3.05) is 13.1 Å². The van der Waals surface area contributed by atoms with E-state index in [1.54, 1.807) is 17.8 Å². The number of alkyl halides is 3. The minimum atomic E-state index is -5.08. The fourth-order valence-electron chi connectivity index (χ4n) is 3.02. The number of hydrogen-bond donors (Lipinski definition) is 2. The van der Waals surface area contributed by atoms with Crippen LogP contribution < -0.4 is 5.32 Å². The molecule has 158 valence electrons. The molecule has 2 aromatic carbocycles. The number of benzene rings is 2. The lowest BCUT2D eigenvalue weighted by Gasteiger charge is -2.25. The summed E-state index contributed by atoms with van der Waals surface area (Å²) >= 11 is 1.68. The Morgan fingerprint density at radius 2 is 1.72 bits per heavy atom. The predicted octanol–water partition coefficient (Wildman–Crippen LogP) is 5.69. The van der Waals surface area contributed by atoms with Gasteiger partial charge in [0, 0.05) is 15.4 Å². The second-order valence-electron chi connectivity index (χ2n) is 6.83. The second kappa shape index (κ2) is 10.1. The van der Waals surface area contributed by atoms with Crippen LogP contribution in [-0.2, 0) is 4.79 Å². The van der Waals surface area contributed by atoms with Crippen LogP contribution in [0.5, 0.6) is 0 Å². The molecule has 1 aliphatic rings. The number of rotatable bonds is 3. The van der Waals surface area contributed by atoms with E-state index in [4.69, 9.17) is 9.90 Å². The van der Waals surface area contributed by atoms with Crippen LogP contribution in [0.2, 0.25) is 0 Å². The van der Waals surface area contributed by atoms with Gasteiger partial charge in [-0.1, -0.05) is 23.9 Å². The molecule has 0 aromatic heterocycles. The third-order valence-electron chi connectivity index (χ3n) is 4.71. The molecule has 8 heteroatoms. The lowest BCUT2D eigenvalue weighted by atomic mass is 9.90. The predicted molar refractivity (Wildman–Crippen MR) is 105 cm³/mol. The first-order valence-electron chi connectivity index (χ1n) is 9.14. The molecule has 1 fully saturated rings. The standard InChI is InChI=1S/C19H22FNS.C2HF3O2/c1-13-6-7-16(12-14(13)2)22-18-5-3-4-17(20)19(18)15-8-10-21-11-9-15;3-2(4,5)1(6)7/h3-7,12,15,21H,8-11H2,1-2H3;(H,6,7). The molecule has 1 heterocycles. The van der Waals surface area contributed by atoms with E-state index in [1.807, 2.05) is 6.07 Å². The highest BCUT2D eigenvalue weighted by atomic mass is 32.2. The molecule has 0 spiro atoms. The Morgan fingerprint density at radius 3 is 2.28 bits per heavy atom. The van der Waals surface area contributed by atoms with Gasteiger partial charge in [0.25, 0.3) is 0 Å². The molecule has 1 saturated heterocycles. The van der Waals surface area contributed by atoms with Crippen LogP contribution in [0, 0.1) is 19.7 Å². The third kappa shape index (κ3) is 6.75. The average Bonchev–Trinajstić information content (AvgIpc) is 2.65. The number of aryl methyl sites for hydroxylation is 2. The molecular weight excluding hydrogens is 406 g/mol. The molecule has 0 saturated carbocycles. The van der Waals surface area contributed by atoms with E-state index >= 15 is 0 Å². The Morgan fingerprint density at radius 1 is 1.10 bits per heavy atom. The molecular formula is C21H23F4NO2S. The van der Waals surface area contributed by atoms with E-state index in [9.17, 15) is 17.6 Å². The molecule has 3 nitrogen and oxygen atoms in total. The van der Waals surface area contributed by atoms with Gasteiger partial charge in [-0.05, 0) is 81.1 Å². The first-order valence-corrected chi connectivity index (χ1v) is 9.95. The van der Waals surface area contributed by atoms with Crippen LogP contribution in [0.3, 0.4) is 0 Å². The van der Waals surface area contributed by atoms with Gasteiger partial charge in [0.15, 0.2) is 0 Å². The second-order valence-corrected chi connectivity index (χ2v) is 7.94. The molecule has 2 aromatic rings. The first kappa shape index (κ1) is 23.2. The minimum Gasteiger partial charge on any atom is -0.475 e. The summed E-state index contributed by atoms with van der Waals surface area (Å²) in [5, 5.41) is 10.5. The van der Waals surface area contributed by atoms with Crippen molar-refractivity contribution in [3.63, 3.8) is 0 Å². The molecule has 0 radical (unpaired) electrons. The number of aliphatic carboxylic acids is 1. The van der Waals surface area contributed by atoms with E-state index in [2.05, 4.69) is 43.4 Å². The Kier molecular flexibility index (Phi) is 8.10. The average molecular weight is 429 g/mol. The molecule has 0 aliphatic carbocycles. The third-order valence-corrected chi connectivity index (χ3v) is 5.77. The van der Waals surface area contributed by atoms with Crippen LogP contribution in [-0.4, -0.2) is 30.3 Å². The molecule has 3 rings (SSSR count). The molecule has 0 amide bonds. The van der Waals surface area contributed by atoms with Crippen LogP contribution >= 0.6 is 11.8 Å². The Labute approximate surface area is 171 Å². The normalized spacial score (nSPS) is 14.8. The van der Waals surface area contributed by atoms with Crippen molar-refractivity contribution in [2.24, 2.45) is 0 Å². The van der Waals surface area contributed by atoms with Gasteiger partial charge in [-0.3, -0.25) is 0 Å². The maximum absolute atomic E-state index is 14.4. The van der Waals surface area contributed by atoms with E-state index in [1.165, 1.54) is 16.0 Å². The summed E-state index contributed by atoms with van der Waals surface area (Å²) in [6.07, 6.45) is -3.05. The number of hydrogen-bond acceptors (Lipinski definition) is 3. The van der Waals surface area contributed by atoms with Crippen molar-refractivity contribution in [2.45, 2.75) is 48.6 Å². The van der Waals surface area contributed by atoms with Gasteiger partial charge in [-0.2, -0.15) is 13.2 Å². The maximum atomic E-state index is 14.4. The van der Waals surface area contributed by atoms with E-state index < -0.39 is 12.1 Å². The maximum Gasteiger partial charge on any atom is 0.490 e. The summed E-state index contributed by atoms with van der Waals surface area (Å²) in [7, 11) is 0. The van der Waals surface area contributed by atoms with Gasteiger partial charge < -0.3 is 10.4 Å². The number of carbonyl (C=O) groups is 1. The van der Waals surface area contributed by atoms with Gasteiger partial charge in [0.2, 0.25) is 0 Å². The number of carboxylic acids is 1. The van der Waals surface area contributed by atoms with Gasteiger partial charge >= 0.3 is 12.1 Å². The summed E-state index contributed by atoms with van der Waals surface area (Å²) in [6, 6.07) is 11.9. The lowest BCUT2D eigenvalue weighted by Crippen LogP contribution is -2.27. The van der Waals surface area contributed by atoms with Crippen LogP contribution in [0.15, 0.2) is 46.2 Å². The van der Waals surface area contributed by atoms with Crippen LogP contribution in [0.1, 0.15) is 35.4 Å². The van der Waals surface area contributed by atoms with Crippen molar-refractivity contribution in [1.29, 1.82) is 0 Å². The van der Waals surface area contributed by atoms with E-state index in [0.29, 0.717) is 5.92 Å². The number of piperidine rings is 1. The van der Waals surface area contributed by atoms with Crippen molar-refractivity contribution in [3.05, 3.63) is 58.9 Å². The van der Waals surface area contributed by atoms with Gasteiger partial charge in [0.1, 0.15) is 5.82 Å². The monoisotopic (exact) mass is 429 g/mol.